The standard InChI is InChI=1S/C21H22BrClN2O3/c22-17-3-1-2-15(12-17)20(27)24-13-19(26)25-14-21(8-10-28-11-9-21)16-4-6-18(23)7-5-16/h1-7,12H,8-11,13-14H2,(H,24,27)(H,25,26). The first-order valence-electron chi connectivity index (χ1n) is 9.13. The van der Waals surface area contributed by atoms with Crippen molar-refractivity contribution in [3.63, 3.8) is 0 Å². The smallest absolute Gasteiger partial charge is 0.251 e. The molecule has 2 N–H and O–H groups in total. The molecule has 5 nitrogen and oxygen atoms in total. The van der Waals surface area contributed by atoms with Crippen molar-refractivity contribution in [2.24, 2.45) is 0 Å². The van der Waals surface area contributed by atoms with E-state index in [0.717, 1.165) is 22.9 Å². The summed E-state index contributed by atoms with van der Waals surface area (Å²) in [6, 6.07) is 14.8. The van der Waals surface area contributed by atoms with E-state index in [0.29, 0.717) is 30.3 Å². The number of ether oxygens (including phenoxy) is 1. The Kier molecular flexibility index (Phi) is 7.10. The van der Waals surface area contributed by atoms with E-state index in [1.165, 1.54) is 0 Å². The van der Waals surface area contributed by atoms with Crippen LogP contribution < -0.4 is 10.6 Å². The summed E-state index contributed by atoms with van der Waals surface area (Å²) in [5.74, 6) is -0.502. The third kappa shape index (κ3) is 5.34. The summed E-state index contributed by atoms with van der Waals surface area (Å²) in [6.45, 7) is 1.72. The zero-order valence-corrected chi connectivity index (χ0v) is 17.7. The van der Waals surface area contributed by atoms with Gasteiger partial charge in [0, 0.05) is 40.2 Å². The van der Waals surface area contributed by atoms with Crippen LogP contribution in [-0.2, 0) is 14.9 Å². The minimum Gasteiger partial charge on any atom is -0.381 e. The molecule has 0 radical (unpaired) electrons. The average molecular weight is 466 g/mol. The molecule has 3 rings (SSSR count). The van der Waals surface area contributed by atoms with Crippen LogP contribution >= 0.6 is 27.5 Å². The van der Waals surface area contributed by atoms with Crippen LogP contribution in [0.15, 0.2) is 53.0 Å². The van der Waals surface area contributed by atoms with Crippen molar-refractivity contribution < 1.29 is 14.3 Å². The van der Waals surface area contributed by atoms with Gasteiger partial charge >= 0.3 is 0 Å². The van der Waals surface area contributed by atoms with Crippen LogP contribution in [0, 0.1) is 0 Å². The zero-order valence-electron chi connectivity index (χ0n) is 15.3. The minimum atomic E-state index is -0.282. The van der Waals surface area contributed by atoms with Gasteiger partial charge in [-0.2, -0.15) is 0 Å². The fourth-order valence-corrected chi connectivity index (χ4v) is 3.88. The van der Waals surface area contributed by atoms with Crippen molar-refractivity contribution in [3.05, 3.63) is 69.2 Å². The second-order valence-corrected chi connectivity index (χ2v) is 8.22. The molecule has 2 amide bonds. The predicted octanol–water partition coefficient (Wildman–Crippen LogP) is 3.70. The summed E-state index contributed by atoms with van der Waals surface area (Å²) in [5, 5.41) is 6.32. The van der Waals surface area contributed by atoms with Crippen LogP contribution in [0.3, 0.4) is 0 Å². The Bertz CT molecular complexity index is 836. The Morgan fingerprint density at radius 1 is 1.07 bits per heavy atom. The van der Waals surface area contributed by atoms with Crippen LogP contribution in [0.4, 0.5) is 0 Å². The van der Waals surface area contributed by atoms with Crippen LogP contribution in [0.1, 0.15) is 28.8 Å². The molecule has 0 atom stereocenters. The van der Waals surface area contributed by atoms with Gasteiger partial charge in [0.25, 0.3) is 5.91 Å². The van der Waals surface area contributed by atoms with E-state index in [2.05, 4.69) is 26.6 Å². The lowest BCUT2D eigenvalue weighted by atomic mass is 9.74. The molecule has 1 saturated heterocycles. The maximum Gasteiger partial charge on any atom is 0.251 e. The number of rotatable bonds is 6. The van der Waals surface area contributed by atoms with E-state index in [1.807, 2.05) is 30.3 Å². The number of carbonyl (C=O) groups is 2. The highest BCUT2D eigenvalue weighted by molar-refractivity contribution is 9.10. The molecule has 2 aromatic carbocycles. The molecule has 0 unspecified atom stereocenters. The minimum absolute atomic E-state index is 0.0709. The van der Waals surface area contributed by atoms with Gasteiger partial charge in [0.15, 0.2) is 0 Å². The monoisotopic (exact) mass is 464 g/mol. The molecular weight excluding hydrogens is 444 g/mol. The highest BCUT2D eigenvalue weighted by Crippen LogP contribution is 2.34. The lowest BCUT2D eigenvalue weighted by Gasteiger charge is -2.38. The lowest BCUT2D eigenvalue weighted by molar-refractivity contribution is -0.120. The molecule has 1 fully saturated rings. The largest absolute Gasteiger partial charge is 0.381 e. The van der Waals surface area contributed by atoms with E-state index in [-0.39, 0.29) is 23.8 Å². The number of benzene rings is 2. The topological polar surface area (TPSA) is 67.4 Å². The first-order chi connectivity index (χ1) is 13.5. The Labute approximate surface area is 177 Å². The van der Waals surface area contributed by atoms with Gasteiger partial charge in [0.05, 0.1) is 6.54 Å². The van der Waals surface area contributed by atoms with E-state index in [4.69, 9.17) is 16.3 Å². The summed E-state index contributed by atoms with van der Waals surface area (Å²) >= 11 is 9.35. The highest BCUT2D eigenvalue weighted by Gasteiger charge is 2.34. The molecule has 1 aliphatic heterocycles. The first-order valence-corrected chi connectivity index (χ1v) is 10.3. The van der Waals surface area contributed by atoms with Gasteiger partial charge in [0.1, 0.15) is 0 Å². The SMILES string of the molecule is O=C(CNC(=O)c1cccc(Br)c1)NCC1(c2ccc(Cl)cc2)CCOCC1. The molecule has 0 saturated carbocycles. The Morgan fingerprint density at radius 3 is 2.46 bits per heavy atom. The summed E-state index contributed by atoms with van der Waals surface area (Å²) in [6.07, 6.45) is 1.64. The third-order valence-electron chi connectivity index (χ3n) is 5.03. The van der Waals surface area contributed by atoms with Crippen molar-refractivity contribution >= 4 is 39.3 Å². The zero-order chi connectivity index (χ0) is 20.0. The Hall–Kier alpha value is -1.89. The number of hydrogen-bond donors (Lipinski definition) is 2. The highest BCUT2D eigenvalue weighted by atomic mass is 79.9. The van der Waals surface area contributed by atoms with Crippen LogP contribution in [0.25, 0.3) is 0 Å². The van der Waals surface area contributed by atoms with Crippen molar-refractivity contribution in [1.82, 2.24) is 10.6 Å². The molecule has 0 aromatic heterocycles. The van der Waals surface area contributed by atoms with E-state index in [1.54, 1.807) is 18.2 Å². The van der Waals surface area contributed by atoms with E-state index in [9.17, 15) is 9.59 Å². The summed E-state index contributed by atoms with van der Waals surface area (Å²) in [7, 11) is 0. The normalized spacial score (nSPS) is 15.6. The maximum atomic E-state index is 12.3. The van der Waals surface area contributed by atoms with Gasteiger partial charge in [-0.15, -0.1) is 0 Å². The fraction of sp³-hybridized carbons (Fsp3) is 0.333. The van der Waals surface area contributed by atoms with Crippen molar-refractivity contribution in [2.45, 2.75) is 18.3 Å². The number of nitrogens with one attached hydrogen (secondary N) is 2. The second kappa shape index (κ2) is 9.54. The fourth-order valence-electron chi connectivity index (χ4n) is 3.36. The first kappa shape index (κ1) is 20.8. The molecule has 0 spiro atoms. The van der Waals surface area contributed by atoms with Crippen molar-refractivity contribution in [2.75, 3.05) is 26.3 Å². The summed E-state index contributed by atoms with van der Waals surface area (Å²) < 4.78 is 6.33. The van der Waals surface area contributed by atoms with Gasteiger partial charge in [0.2, 0.25) is 5.91 Å². The van der Waals surface area contributed by atoms with Crippen LogP contribution in [0.2, 0.25) is 5.02 Å². The van der Waals surface area contributed by atoms with Crippen LogP contribution in [0.5, 0.6) is 0 Å². The molecule has 28 heavy (non-hydrogen) atoms. The van der Waals surface area contributed by atoms with Gasteiger partial charge in [-0.1, -0.05) is 45.7 Å². The molecular formula is C21H22BrClN2O3. The average Bonchev–Trinajstić information content (AvgIpc) is 2.71. The maximum absolute atomic E-state index is 12.3. The molecule has 0 bridgehead atoms. The number of carbonyl (C=O) groups excluding carboxylic acids is 2. The van der Waals surface area contributed by atoms with Crippen molar-refractivity contribution in [3.8, 4) is 0 Å². The number of amides is 2. The van der Waals surface area contributed by atoms with Gasteiger partial charge in [-0.05, 0) is 48.7 Å². The quantitative estimate of drug-likeness (QED) is 0.684. The molecule has 148 valence electrons. The van der Waals surface area contributed by atoms with Gasteiger partial charge in [-0.3, -0.25) is 9.59 Å². The molecule has 0 aliphatic carbocycles. The van der Waals surface area contributed by atoms with E-state index < -0.39 is 0 Å². The second-order valence-electron chi connectivity index (χ2n) is 6.87. The third-order valence-corrected chi connectivity index (χ3v) is 5.77. The van der Waals surface area contributed by atoms with Crippen LogP contribution in [-0.4, -0.2) is 38.1 Å². The molecule has 1 aliphatic rings. The number of hydrogen-bond acceptors (Lipinski definition) is 3. The van der Waals surface area contributed by atoms with Crippen molar-refractivity contribution in [1.29, 1.82) is 0 Å². The molecule has 1 heterocycles. The Balaban J connectivity index is 1.58. The summed E-state index contributed by atoms with van der Waals surface area (Å²) in [5.41, 5.74) is 1.45. The molecule has 7 heteroatoms. The van der Waals surface area contributed by atoms with Gasteiger partial charge < -0.3 is 15.4 Å². The predicted molar refractivity (Wildman–Crippen MR) is 113 cm³/mol. The number of halogens is 2. The lowest BCUT2D eigenvalue weighted by Crippen LogP contribution is -2.47. The Morgan fingerprint density at radius 2 is 1.79 bits per heavy atom. The summed E-state index contributed by atoms with van der Waals surface area (Å²) in [4.78, 5) is 24.5. The van der Waals surface area contributed by atoms with Gasteiger partial charge in [-0.25, -0.2) is 0 Å². The molecule has 2 aromatic rings. The van der Waals surface area contributed by atoms with E-state index >= 15 is 0 Å².